The van der Waals surface area contributed by atoms with Gasteiger partial charge in [0.1, 0.15) is 11.9 Å². The van der Waals surface area contributed by atoms with Crippen LogP contribution in [-0.2, 0) is 11.2 Å². The number of thioether (sulfide) groups is 1. The number of amides is 1. The highest BCUT2D eigenvalue weighted by molar-refractivity contribution is 7.99. The number of carbonyl (C=O) groups excluding carboxylic acids is 1. The van der Waals surface area contributed by atoms with Crippen LogP contribution in [0.2, 0.25) is 0 Å². The van der Waals surface area contributed by atoms with Gasteiger partial charge in [-0.05, 0) is 64.8 Å². The number of carbonyl (C=O) groups is 1. The molecule has 1 saturated carbocycles. The fraction of sp³-hybridized carbons (Fsp3) is 0.214. The van der Waals surface area contributed by atoms with Gasteiger partial charge in [0.05, 0.1) is 10.7 Å². The van der Waals surface area contributed by atoms with E-state index >= 15 is 0 Å². The monoisotopic (exact) mass is 470 g/mol. The van der Waals surface area contributed by atoms with E-state index in [9.17, 15) is 14.0 Å². The first kappa shape index (κ1) is 21.2. The van der Waals surface area contributed by atoms with Crippen LogP contribution in [0.4, 0.5) is 10.1 Å². The van der Waals surface area contributed by atoms with Gasteiger partial charge in [0.2, 0.25) is 5.91 Å². The molecule has 2 heterocycles. The Balaban J connectivity index is 1.38. The van der Waals surface area contributed by atoms with Gasteiger partial charge in [0, 0.05) is 11.8 Å². The summed E-state index contributed by atoms with van der Waals surface area (Å²) in [5.74, 6) is 0.0420. The zero-order chi connectivity index (χ0) is 23.2. The molecule has 6 heteroatoms. The highest BCUT2D eigenvalue weighted by atomic mass is 32.2. The lowest BCUT2D eigenvalue weighted by atomic mass is 9.95. The highest BCUT2D eigenvalue weighted by Crippen LogP contribution is 2.48. The standard InChI is InChI=1S/C28H23FN2O2S/c29-22-10-3-4-11-23(22)30-27(33)24-16-34-28-26(18-12-13-18)20(15-25(32)31(24)28)14-19-8-5-7-17-6-1-2-9-21(17)19/h1-11,15,18,24H,12-14,16H2,(H,30,33). The predicted molar refractivity (Wildman–Crippen MR) is 134 cm³/mol. The van der Waals surface area contributed by atoms with Gasteiger partial charge < -0.3 is 5.32 Å². The van der Waals surface area contributed by atoms with E-state index in [1.807, 2.05) is 12.1 Å². The summed E-state index contributed by atoms with van der Waals surface area (Å²) in [6.45, 7) is 0. The predicted octanol–water partition coefficient (Wildman–Crippen LogP) is 5.89. The van der Waals surface area contributed by atoms with Crippen molar-refractivity contribution in [2.45, 2.75) is 36.2 Å². The van der Waals surface area contributed by atoms with E-state index in [1.165, 1.54) is 34.0 Å². The summed E-state index contributed by atoms with van der Waals surface area (Å²) in [5.41, 5.74) is 3.42. The van der Waals surface area contributed by atoms with Gasteiger partial charge >= 0.3 is 0 Å². The molecule has 0 radical (unpaired) electrons. The largest absolute Gasteiger partial charge is 0.322 e. The lowest BCUT2D eigenvalue weighted by molar-refractivity contribution is -0.118. The van der Waals surface area contributed by atoms with E-state index in [-0.39, 0.29) is 17.2 Å². The molecule has 2 aliphatic rings. The summed E-state index contributed by atoms with van der Waals surface area (Å²) < 4.78 is 15.7. The average molecular weight is 471 g/mol. The third kappa shape index (κ3) is 3.72. The number of rotatable bonds is 5. The molecule has 1 N–H and O–H groups in total. The molecule has 1 fully saturated rings. The number of para-hydroxylation sites is 1. The Labute approximate surface area is 200 Å². The van der Waals surface area contributed by atoms with E-state index in [4.69, 9.17) is 0 Å². The van der Waals surface area contributed by atoms with Gasteiger partial charge in [-0.1, -0.05) is 54.6 Å². The Morgan fingerprint density at radius 1 is 1.00 bits per heavy atom. The Morgan fingerprint density at radius 3 is 2.59 bits per heavy atom. The molecule has 1 unspecified atom stereocenters. The summed E-state index contributed by atoms with van der Waals surface area (Å²) >= 11 is 1.56. The molecule has 1 aliphatic carbocycles. The zero-order valence-electron chi connectivity index (χ0n) is 18.5. The van der Waals surface area contributed by atoms with E-state index < -0.39 is 11.9 Å². The third-order valence-electron chi connectivity index (χ3n) is 6.70. The van der Waals surface area contributed by atoms with Crippen LogP contribution >= 0.6 is 11.8 Å². The van der Waals surface area contributed by atoms with Crippen LogP contribution in [0.15, 0.2) is 82.6 Å². The zero-order valence-corrected chi connectivity index (χ0v) is 19.3. The molecule has 3 aromatic carbocycles. The third-order valence-corrected chi connectivity index (χ3v) is 7.87. The van der Waals surface area contributed by atoms with Crippen LogP contribution in [-0.4, -0.2) is 16.2 Å². The average Bonchev–Trinajstić information content (AvgIpc) is 3.57. The molecule has 0 spiro atoms. The van der Waals surface area contributed by atoms with Crippen molar-refractivity contribution < 1.29 is 9.18 Å². The van der Waals surface area contributed by atoms with Crippen LogP contribution in [0.1, 0.15) is 41.5 Å². The molecule has 1 aromatic heterocycles. The first-order chi connectivity index (χ1) is 16.6. The number of halogens is 1. The lowest BCUT2D eigenvalue weighted by Gasteiger charge is -2.18. The Morgan fingerprint density at radius 2 is 1.76 bits per heavy atom. The molecule has 0 bridgehead atoms. The lowest BCUT2D eigenvalue weighted by Crippen LogP contribution is -2.33. The first-order valence-electron chi connectivity index (χ1n) is 11.5. The summed E-state index contributed by atoms with van der Waals surface area (Å²) in [6.07, 6.45) is 2.88. The second-order valence-corrected chi connectivity index (χ2v) is 9.99. The van der Waals surface area contributed by atoms with Gasteiger partial charge in [-0.15, -0.1) is 11.8 Å². The maximum Gasteiger partial charge on any atom is 0.252 e. The van der Waals surface area contributed by atoms with Crippen molar-refractivity contribution in [2.75, 3.05) is 11.1 Å². The number of hydrogen-bond donors (Lipinski definition) is 1. The van der Waals surface area contributed by atoms with E-state index in [2.05, 4.69) is 35.6 Å². The normalized spacial score (nSPS) is 17.0. The van der Waals surface area contributed by atoms with Gasteiger partial charge in [0.15, 0.2) is 0 Å². The molecule has 4 nitrogen and oxygen atoms in total. The van der Waals surface area contributed by atoms with Crippen molar-refractivity contribution in [3.05, 3.63) is 106 Å². The fourth-order valence-electron chi connectivity index (χ4n) is 4.92. The number of nitrogens with zero attached hydrogens (tertiary/aromatic N) is 1. The number of pyridine rings is 1. The number of anilines is 1. The molecule has 6 rings (SSSR count). The molecular formula is C28H23FN2O2S. The fourth-order valence-corrected chi connectivity index (χ4v) is 6.34. The van der Waals surface area contributed by atoms with Gasteiger partial charge in [0.25, 0.3) is 5.56 Å². The molecule has 0 saturated heterocycles. The summed E-state index contributed by atoms with van der Waals surface area (Å²) in [7, 11) is 0. The van der Waals surface area contributed by atoms with Crippen LogP contribution in [0, 0.1) is 5.82 Å². The van der Waals surface area contributed by atoms with E-state index in [0.717, 1.165) is 23.4 Å². The maximum atomic E-state index is 14.1. The second kappa shape index (κ2) is 8.44. The molecule has 1 amide bonds. The molecule has 4 aromatic rings. The number of fused-ring (bicyclic) bond motifs is 2. The van der Waals surface area contributed by atoms with E-state index in [1.54, 1.807) is 34.5 Å². The van der Waals surface area contributed by atoms with Crippen molar-refractivity contribution in [1.82, 2.24) is 4.57 Å². The van der Waals surface area contributed by atoms with Crippen molar-refractivity contribution in [1.29, 1.82) is 0 Å². The molecular weight excluding hydrogens is 447 g/mol. The Bertz CT molecular complexity index is 1490. The van der Waals surface area contributed by atoms with Gasteiger partial charge in [-0.3, -0.25) is 14.2 Å². The Hall–Kier alpha value is -3.38. The quantitative estimate of drug-likeness (QED) is 0.395. The van der Waals surface area contributed by atoms with Crippen molar-refractivity contribution in [2.24, 2.45) is 0 Å². The smallest absolute Gasteiger partial charge is 0.252 e. The molecule has 34 heavy (non-hydrogen) atoms. The van der Waals surface area contributed by atoms with Crippen LogP contribution in [0.25, 0.3) is 10.8 Å². The van der Waals surface area contributed by atoms with Crippen LogP contribution < -0.4 is 10.9 Å². The SMILES string of the molecule is O=C(Nc1ccccc1F)C1CSc2c(C3CC3)c(Cc3cccc4ccccc34)cc(=O)n21. The summed E-state index contributed by atoms with van der Waals surface area (Å²) in [5, 5.41) is 5.96. The number of aromatic nitrogens is 1. The minimum absolute atomic E-state index is 0.133. The molecule has 1 aliphatic heterocycles. The van der Waals surface area contributed by atoms with Gasteiger partial charge in [-0.2, -0.15) is 0 Å². The first-order valence-corrected chi connectivity index (χ1v) is 12.5. The van der Waals surface area contributed by atoms with Crippen molar-refractivity contribution >= 4 is 34.1 Å². The van der Waals surface area contributed by atoms with Crippen molar-refractivity contribution in [3.63, 3.8) is 0 Å². The minimum atomic E-state index is -0.656. The Kier molecular flexibility index (Phi) is 5.26. The number of hydrogen-bond acceptors (Lipinski definition) is 3. The number of nitrogens with one attached hydrogen (secondary N) is 1. The van der Waals surface area contributed by atoms with Crippen LogP contribution in [0.5, 0.6) is 0 Å². The van der Waals surface area contributed by atoms with E-state index in [0.29, 0.717) is 18.1 Å². The molecule has 170 valence electrons. The van der Waals surface area contributed by atoms with Crippen LogP contribution in [0.3, 0.4) is 0 Å². The molecule has 1 atom stereocenters. The van der Waals surface area contributed by atoms with Gasteiger partial charge in [-0.25, -0.2) is 4.39 Å². The highest BCUT2D eigenvalue weighted by Gasteiger charge is 2.37. The topological polar surface area (TPSA) is 51.1 Å². The minimum Gasteiger partial charge on any atom is -0.322 e. The maximum absolute atomic E-state index is 14.1. The summed E-state index contributed by atoms with van der Waals surface area (Å²) in [4.78, 5) is 26.4. The number of benzene rings is 3. The summed E-state index contributed by atoms with van der Waals surface area (Å²) in [6, 6.07) is 21.7. The van der Waals surface area contributed by atoms with Crippen molar-refractivity contribution in [3.8, 4) is 0 Å². The second-order valence-electron chi connectivity index (χ2n) is 8.98.